The summed E-state index contributed by atoms with van der Waals surface area (Å²) in [6, 6.07) is 3.32. The average Bonchev–Trinajstić information content (AvgIpc) is 3.06. The predicted octanol–water partition coefficient (Wildman–Crippen LogP) is 6.03. The summed E-state index contributed by atoms with van der Waals surface area (Å²) >= 11 is 0. The average molecular weight is 408 g/mol. The number of carbonyl (C=O) groups excluding carboxylic acids is 1. The van der Waals surface area contributed by atoms with Crippen LogP contribution in [0.3, 0.4) is 0 Å². The molecule has 158 valence electrons. The Bertz CT molecular complexity index is 975. The van der Waals surface area contributed by atoms with E-state index in [0.717, 1.165) is 37.7 Å². The van der Waals surface area contributed by atoms with E-state index in [-0.39, 0.29) is 22.9 Å². The highest BCUT2D eigenvalue weighted by Gasteiger charge is 2.54. The van der Waals surface area contributed by atoms with Crippen molar-refractivity contribution in [2.24, 2.45) is 22.7 Å². The van der Waals surface area contributed by atoms with Gasteiger partial charge in [-0.3, -0.25) is 4.79 Å². The fraction of sp³-hybridized carbons (Fsp3) is 0.538. The van der Waals surface area contributed by atoms with Crippen molar-refractivity contribution in [3.05, 3.63) is 59.2 Å². The number of hydrogen-bond donors (Lipinski definition) is 0. The van der Waals surface area contributed by atoms with E-state index in [1.165, 1.54) is 36.1 Å². The van der Waals surface area contributed by atoms with Crippen molar-refractivity contribution in [2.45, 2.75) is 65.4 Å². The zero-order valence-corrected chi connectivity index (χ0v) is 18.1. The van der Waals surface area contributed by atoms with Gasteiger partial charge in [0.05, 0.1) is 0 Å². The van der Waals surface area contributed by atoms with E-state index in [1.54, 1.807) is 6.20 Å². The summed E-state index contributed by atoms with van der Waals surface area (Å²) in [5.41, 5.74) is 5.56. The van der Waals surface area contributed by atoms with E-state index in [2.05, 4.69) is 37.1 Å². The molecule has 0 spiro atoms. The number of pyridine rings is 1. The van der Waals surface area contributed by atoms with Gasteiger partial charge in [-0.05, 0) is 72.6 Å². The molecule has 3 nitrogen and oxygen atoms in total. The van der Waals surface area contributed by atoms with Crippen LogP contribution in [-0.4, -0.2) is 17.1 Å². The first-order chi connectivity index (χ1) is 14.3. The number of hydrogen-bond acceptors (Lipinski definition) is 3. The largest absolute Gasteiger partial charge is 0.462 e. The van der Waals surface area contributed by atoms with E-state index in [1.807, 2.05) is 6.07 Å². The predicted molar refractivity (Wildman–Crippen MR) is 115 cm³/mol. The summed E-state index contributed by atoms with van der Waals surface area (Å²) in [4.78, 5) is 15.3. The Labute approximate surface area is 178 Å². The molecule has 1 aromatic heterocycles. The Hall–Kier alpha value is -2.23. The van der Waals surface area contributed by atoms with Gasteiger partial charge in [-0.1, -0.05) is 43.2 Å². The number of ether oxygens (including phenoxy) is 1. The maximum atomic E-state index is 13.3. The van der Waals surface area contributed by atoms with Crippen molar-refractivity contribution in [1.29, 1.82) is 0 Å². The number of halogens is 1. The molecule has 0 aromatic carbocycles. The van der Waals surface area contributed by atoms with Crippen LogP contribution in [0.5, 0.6) is 0 Å². The van der Waals surface area contributed by atoms with E-state index < -0.39 is 5.95 Å². The van der Waals surface area contributed by atoms with Crippen LogP contribution < -0.4 is 0 Å². The summed E-state index contributed by atoms with van der Waals surface area (Å²) in [6.45, 7) is 6.31. The van der Waals surface area contributed by atoms with E-state index in [4.69, 9.17) is 4.74 Å². The molecule has 30 heavy (non-hydrogen) atoms. The Morgan fingerprint density at radius 1 is 1.20 bits per heavy atom. The lowest BCUT2D eigenvalue weighted by atomic mass is 9.49. The third-order valence-electron chi connectivity index (χ3n) is 8.48. The summed E-state index contributed by atoms with van der Waals surface area (Å²) in [5, 5.41) is 0. The molecule has 1 heterocycles. The molecule has 4 aliphatic rings. The lowest BCUT2D eigenvalue weighted by Crippen LogP contribution is -2.47. The van der Waals surface area contributed by atoms with E-state index in [9.17, 15) is 9.18 Å². The second-order valence-electron chi connectivity index (χ2n) is 10.0. The van der Waals surface area contributed by atoms with Gasteiger partial charge in [0.15, 0.2) is 0 Å². The Morgan fingerprint density at radius 3 is 2.77 bits per heavy atom. The zero-order valence-electron chi connectivity index (χ0n) is 18.1. The van der Waals surface area contributed by atoms with Crippen molar-refractivity contribution in [3.8, 4) is 0 Å². The Morgan fingerprint density at radius 2 is 2.03 bits per heavy atom. The summed E-state index contributed by atoms with van der Waals surface area (Å²) < 4.78 is 18.9. The number of rotatable bonds is 2. The fourth-order valence-electron chi connectivity index (χ4n) is 6.92. The standard InChI is InChI=1S/C26H30FNO2/c1-16(29)30-19-10-12-25(2)18(14-19)5-6-20-22-8-7-21(17-4-9-24(27)28-15-17)26(22,3)13-11-23(20)25/h4-5,7-9,15,19-20,23H,6,10-14H2,1-3H3. The van der Waals surface area contributed by atoms with Crippen molar-refractivity contribution in [3.63, 3.8) is 0 Å². The summed E-state index contributed by atoms with van der Waals surface area (Å²) in [7, 11) is 0. The van der Waals surface area contributed by atoms with Crippen LogP contribution in [0.25, 0.3) is 5.57 Å². The SMILES string of the molecule is CC(=O)OC1CCC2(C)C(=CCC3C4=CC=C(c5ccc(F)nc5)C4(C)CCC32)C1. The number of aromatic nitrogens is 1. The molecular weight excluding hydrogens is 377 g/mol. The van der Waals surface area contributed by atoms with Crippen molar-refractivity contribution in [2.75, 3.05) is 0 Å². The molecule has 0 amide bonds. The molecular formula is C26H30FNO2. The van der Waals surface area contributed by atoms with Crippen LogP contribution in [0.4, 0.5) is 4.39 Å². The minimum Gasteiger partial charge on any atom is -0.462 e. The molecule has 4 heteroatoms. The Kier molecular flexibility index (Phi) is 4.53. The molecule has 2 fully saturated rings. The quantitative estimate of drug-likeness (QED) is 0.341. The minimum absolute atomic E-state index is 0.0112. The van der Waals surface area contributed by atoms with Crippen LogP contribution in [0.1, 0.15) is 64.9 Å². The molecule has 5 rings (SSSR count). The molecule has 5 unspecified atom stereocenters. The zero-order chi connectivity index (χ0) is 21.1. The van der Waals surface area contributed by atoms with Crippen LogP contribution in [-0.2, 0) is 9.53 Å². The second-order valence-corrected chi connectivity index (χ2v) is 10.0. The van der Waals surface area contributed by atoms with Crippen LogP contribution >= 0.6 is 0 Å². The van der Waals surface area contributed by atoms with Crippen LogP contribution in [0.2, 0.25) is 0 Å². The lowest BCUT2D eigenvalue weighted by Gasteiger charge is -2.56. The van der Waals surface area contributed by atoms with Gasteiger partial charge in [-0.15, -0.1) is 0 Å². The van der Waals surface area contributed by atoms with Crippen molar-refractivity contribution >= 4 is 11.5 Å². The molecule has 0 N–H and O–H groups in total. The van der Waals surface area contributed by atoms with Gasteiger partial charge in [0.25, 0.3) is 0 Å². The second kappa shape index (κ2) is 6.90. The van der Waals surface area contributed by atoms with Gasteiger partial charge in [0.2, 0.25) is 5.95 Å². The third-order valence-corrected chi connectivity index (χ3v) is 8.48. The van der Waals surface area contributed by atoms with Gasteiger partial charge in [0, 0.05) is 25.0 Å². The van der Waals surface area contributed by atoms with Gasteiger partial charge in [-0.25, -0.2) is 4.98 Å². The minimum atomic E-state index is -0.429. The first kappa shape index (κ1) is 19.7. The van der Waals surface area contributed by atoms with Gasteiger partial charge < -0.3 is 4.74 Å². The number of allylic oxidation sites excluding steroid dienone is 5. The van der Waals surface area contributed by atoms with Crippen molar-refractivity contribution in [1.82, 2.24) is 4.98 Å². The van der Waals surface area contributed by atoms with Crippen LogP contribution in [0.15, 0.2) is 47.7 Å². The number of esters is 1. The molecule has 5 atom stereocenters. The fourth-order valence-corrected chi connectivity index (χ4v) is 6.92. The normalized spacial score (nSPS) is 37.2. The summed E-state index contributed by atoms with van der Waals surface area (Å²) in [5.74, 6) is 0.581. The highest BCUT2D eigenvalue weighted by Crippen LogP contribution is 2.64. The lowest BCUT2D eigenvalue weighted by molar-refractivity contribution is -0.148. The van der Waals surface area contributed by atoms with Gasteiger partial charge >= 0.3 is 5.97 Å². The molecule has 0 aliphatic heterocycles. The highest BCUT2D eigenvalue weighted by atomic mass is 19.1. The van der Waals surface area contributed by atoms with Gasteiger partial charge in [-0.2, -0.15) is 4.39 Å². The molecule has 0 bridgehead atoms. The van der Waals surface area contributed by atoms with Gasteiger partial charge in [0.1, 0.15) is 6.10 Å². The molecule has 4 aliphatic carbocycles. The topological polar surface area (TPSA) is 39.2 Å². The molecule has 1 aromatic rings. The van der Waals surface area contributed by atoms with Crippen LogP contribution in [0, 0.1) is 28.6 Å². The third kappa shape index (κ3) is 2.91. The first-order valence-corrected chi connectivity index (χ1v) is 11.2. The molecule has 0 saturated heterocycles. The Balaban J connectivity index is 1.42. The monoisotopic (exact) mass is 407 g/mol. The first-order valence-electron chi connectivity index (χ1n) is 11.2. The molecule has 0 radical (unpaired) electrons. The van der Waals surface area contributed by atoms with Crippen molar-refractivity contribution < 1.29 is 13.9 Å². The highest BCUT2D eigenvalue weighted by molar-refractivity contribution is 5.78. The maximum Gasteiger partial charge on any atom is 0.302 e. The smallest absolute Gasteiger partial charge is 0.302 e. The summed E-state index contributed by atoms with van der Waals surface area (Å²) in [6.07, 6.45) is 15.0. The number of nitrogens with zero attached hydrogens (tertiary/aromatic N) is 1. The molecule has 2 saturated carbocycles. The number of fused-ring (bicyclic) bond motifs is 5. The van der Waals surface area contributed by atoms with E-state index in [0.29, 0.717) is 11.8 Å². The maximum absolute atomic E-state index is 13.3. The van der Waals surface area contributed by atoms with E-state index >= 15 is 0 Å². The number of carbonyl (C=O) groups is 1.